The summed E-state index contributed by atoms with van der Waals surface area (Å²) in [6.45, 7) is 2.10. The molecule has 0 aromatic heterocycles. The number of aryl methyl sites for hydroxylation is 1. The van der Waals surface area contributed by atoms with Gasteiger partial charge < -0.3 is 0 Å². The smallest absolute Gasteiger partial charge is 0.195 e. The van der Waals surface area contributed by atoms with Gasteiger partial charge in [0, 0.05) is 5.56 Å². The van der Waals surface area contributed by atoms with Gasteiger partial charge in [0.2, 0.25) is 0 Å². The van der Waals surface area contributed by atoms with Crippen LogP contribution in [0.4, 0.5) is 26.3 Å². The highest BCUT2D eigenvalue weighted by molar-refractivity contribution is 5.85. The summed E-state index contributed by atoms with van der Waals surface area (Å²) >= 11 is 0. The van der Waals surface area contributed by atoms with E-state index in [1.165, 1.54) is 12.1 Å². The highest BCUT2D eigenvalue weighted by atomic mass is 19.2. The van der Waals surface area contributed by atoms with Crippen molar-refractivity contribution in [2.24, 2.45) is 0 Å². The van der Waals surface area contributed by atoms with Crippen molar-refractivity contribution in [3.63, 3.8) is 0 Å². The SMILES string of the molecule is CCCCCCCc1cc(F)c(C#Cc2cc(F)c3c(F)c(F)c(F)cc3c2)c(F)c1. The van der Waals surface area contributed by atoms with Crippen LogP contribution in [0.1, 0.15) is 55.7 Å². The molecule has 0 heterocycles. The molecule has 3 aromatic rings. The lowest BCUT2D eigenvalue weighted by Gasteiger charge is -2.05. The van der Waals surface area contributed by atoms with Gasteiger partial charge in [0.05, 0.1) is 10.9 Å². The largest absolute Gasteiger partial charge is 0.206 e. The Kier molecular flexibility index (Phi) is 7.27. The molecule has 31 heavy (non-hydrogen) atoms. The van der Waals surface area contributed by atoms with Crippen LogP contribution in [0.5, 0.6) is 0 Å². The molecule has 0 aliphatic carbocycles. The second-order valence-electron chi connectivity index (χ2n) is 7.39. The zero-order valence-electron chi connectivity index (χ0n) is 16.9. The zero-order chi connectivity index (χ0) is 22.5. The third kappa shape index (κ3) is 5.22. The third-order valence-corrected chi connectivity index (χ3v) is 5.03. The van der Waals surface area contributed by atoms with Crippen LogP contribution in [0, 0.1) is 46.7 Å². The average molecular weight is 434 g/mol. The molecule has 0 unspecified atom stereocenters. The van der Waals surface area contributed by atoms with Crippen molar-refractivity contribution in [1.82, 2.24) is 0 Å². The van der Waals surface area contributed by atoms with Gasteiger partial charge in [0.25, 0.3) is 0 Å². The summed E-state index contributed by atoms with van der Waals surface area (Å²) in [6.07, 6.45) is 5.67. The molecule has 0 N–H and O–H groups in total. The van der Waals surface area contributed by atoms with E-state index in [1.807, 2.05) is 0 Å². The Morgan fingerprint density at radius 1 is 0.645 bits per heavy atom. The molecule has 6 heteroatoms. The molecule has 0 fully saturated rings. The minimum absolute atomic E-state index is 0.0609. The first kappa shape index (κ1) is 22.7. The lowest BCUT2D eigenvalue weighted by molar-refractivity contribution is 0.451. The van der Waals surface area contributed by atoms with Crippen LogP contribution >= 0.6 is 0 Å². The van der Waals surface area contributed by atoms with Crippen molar-refractivity contribution in [3.05, 3.63) is 81.9 Å². The fourth-order valence-electron chi connectivity index (χ4n) is 3.42. The predicted molar refractivity (Wildman–Crippen MR) is 109 cm³/mol. The maximum Gasteiger partial charge on any atom is 0.195 e. The summed E-state index contributed by atoms with van der Waals surface area (Å²) in [4.78, 5) is 0. The van der Waals surface area contributed by atoms with Gasteiger partial charge in [-0.25, -0.2) is 26.3 Å². The third-order valence-electron chi connectivity index (χ3n) is 5.03. The van der Waals surface area contributed by atoms with E-state index in [0.717, 1.165) is 44.2 Å². The first-order valence-corrected chi connectivity index (χ1v) is 10.1. The van der Waals surface area contributed by atoms with Gasteiger partial charge in [-0.3, -0.25) is 0 Å². The van der Waals surface area contributed by atoms with Gasteiger partial charge in [-0.2, -0.15) is 0 Å². The number of rotatable bonds is 6. The predicted octanol–water partition coefficient (Wildman–Crippen LogP) is 7.59. The standard InChI is InChI=1S/C25H20F6/c1-2-3-4-5-6-7-15-11-19(26)18(20(27)12-15)9-8-16-10-17-14-22(29)24(30)25(31)23(17)21(28)13-16/h10-14H,2-7H2,1H3. The van der Waals surface area contributed by atoms with Crippen molar-refractivity contribution in [2.75, 3.05) is 0 Å². The van der Waals surface area contributed by atoms with Crippen molar-refractivity contribution >= 4 is 10.8 Å². The number of unbranched alkanes of at least 4 members (excludes halogenated alkanes) is 4. The average Bonchev–Trinajstić information content (AvgIpc) is 2.71. The van der Waals surface area contributed by atoms with Crippen molar-refractivity contribution < 1.29 is 26.3 Å². The number of hydrogen-bond donors (Lipinski definition) is 0. The molecule has 0 saturated heterocycles. The fraction of sp³-hybridized carbons (Fsp3) is 0.280. The zero-order valence-corrected chi connectivity index (χ0v) is 16.9. The molecule has 0 bridgehead atoms. The summed E-state index contributed by atoms with van der Waals surface area (Å²) in [6, 6.07) is 5.01. The molecule has 0 radical (unpaired) electrons. The van der Waals surface area contributed by atoms with Crippen LogP contribution in [0.25, 0.3) is 10.8 Å². The minimum atomic E-state index is -1.78. The molecule has 0 spiro atoms. The van der Waals surface area contributed by atoms with E-state index in [0.29, 0.717) is 18.1 Å². The number of hydrogen-bond acceptors (Lipinski definition) is 0. The highest BCUT2D eigenvalue weighted by Crippen LogP contribution is 2.27. The van der Waals surface area contributed by atoms with Gasteiger partial charge in [-0.05, 0) is 54.1 Å². The first-order valence-electron chi connectivity index (χ1n) is 10.1. The van der Waals surface area contributed by atoms with Crippen LogP contribution in [0.3, 0.4) is 0 Å². The van der Waals surface area contributed by atoms with E-state index in [9.17, 15) is 26.3 Å². The lowest BCUT2D eigenvalue weighted by atomic mass is 10.0. The molecule has 0 aliphatic heterocycles. The van der Waals surface area contributed by atoms with Crippen LogP contribution < -0.4 is 0 Å². The maximum atomic E-state index is 14.4. The first-order chi connectivity index (χ1) is 14.8. The van der Waals surface area contributed by atoms with Gasteiger partial charge in [-0.15, -0.1) is 0 Å². The van der Waals surface area contributed by atoms with Crippen molar-refractivity contribution in [1.29, 1.82) is 0 Å². The second-order valence-corrected chi connectivity index (χ2v) is 7.39. The van der Waals surface area contributed by atoms with Crippen molar-refractivity contribution in [2.45, 2.75) is 45.4 Å². The summed E-state index contributed by atoms with van der Waals surface area (Å²) in [7, 11) is 0. The summed E-state index contributed by atoms with van der Waals surface area (Å²) in [5.41, 5.74) is -0.0114. The molecule has 162 valence electrons. The van der Waals surface area contributed by atoms with Crippen LogP contribution in [0.2, 0.25) is 0 Å². The molecular weight excluding hydrogens is 414 g/mol. The Bertz CT molecular complexity index is 1150. The number of halogens is 6. The summed E-state index contributed by atoms with van der Waals surface area (Å²) in [5.74, 6) is -3.01. The van der Waals surface area contributed by atoms with Crippen LogP contribution in [0.15, 0.2) is 30.3 Å². The Balaban J connectivity index is 1.86. The summed E-state index contributed by atoms with van der Waals surface area (Å²) < 4.78 is 83.5. The van der Waals surface area contributed by atoms with Crippen LogP contribution in [-0.4, -0.2) is 0 Å². The fourth-order valence-corrected chi connectivity index (χ4v) is 3.42. The van der Waals surface area contributed by atoms with Gasteiger partial charge in [-0.1, -0.05) is 44.4 Å². The Hall–Kier alpha value is -2.94. The molecule has 3 rings (SSSR count). The highest BCUT2D eigenvalue weighted by Gasteiger charge is 2.17. The molecule has 0 atom stereocenters. The maximum absolute atomic E-state index is 14.4. The molecule has 3 aromatic carbocycles. The lowest BCUT2D eigenvalue weighted by Crippen LogP contribution is -1.96. The van der Waals surface area contributed by atoms with Gasteiger partial charge in [0.1, 0.15) is 17.5 Å². The molecule has 0 nitrogen and oxygen atoms in total. The Labute approximate surface area is 176 Å². The monoisotopic (exact) mass is 434 g/mol. The minimum Gasteiger partial charge on any atom is -0.206 e. The van der Waals surface area contributed by atoms with E-state index < -0.39 is 45.9 Å². The number of fused-ring (bicyclic) bond motifs is 1. The van der Waals surface area contributed by atoms with Crippen LogP contribution in [-0.2, 0) is 6.42 Å². The number of benzene rings is 3. The van der Waals surface area contributed by atoms with E-state index in [2.05, 4.69) is 18.8 Å². The van der Waals surface area contributed by atoms with E-state index in [1.54, 1.807) is 0 Å². The summed E-state index contributed by atoms with van der Waals surface area (Å²) in [5, 5.41) is -0.967. The molecular formula is C25H20F6. The van der Waals surface area contributed by atoms with E-state index in [4.69, 9.17) is 0 Å². The quantitative estimate of drug-likeness (QED) is 0.162. The van der Waals surface area contributed by atoms with Crippen molar-refractivity contribution in [3.8, 4) is 11.8 Å². The van der Waals surface area contributed by atoms with E-state index >= 15 is 0 Å². The second kappa shape index (κ2) is 9.91. The van der Waals surface area contributed by atoms with E-state index in [-0.39, 0.29) is 10.9 Å². The topological polar surface area (TPSA) is 0 Å². The molecule has 0 amide bonds. The molecule has 0 aliphatic rings. The van der Waals surface area contributed by atoms with Gasteiger partial charge >= 0.3 is 0 Å². The molecule has 0 saturated carbocycles. The van der Waals surface area contributed by atoms with Gasteiger partial charge in [0.15, 0.2) is 17.5 Å². The Morgan fingerprint density at radius 3 is 2.00 bits per heavy atom. The normalized spacial score (nSPS) is 10.9. The Morgan fingerprint density at radius 2 is 1.32 bits per heavy atom.